The first-order chi connectivity index (χ1) is 12.3. The Morgan fingerprint density at radius 2 is 1.88 bits per heavy atom. The molecule has 1 N–H and O–H groups in total. The minimum absolute atomic E-state index is 0.0333. The van der Waals surface area contributed by atoms with Gasteiger partial charge in [0.15, 0.2) is 0 Å². The summed E-state index contributed by atoms with van der Waals surface area (Å²) in [5.74, 6) is -0.563. The summed E-state index contributed by atoms with van der Waals surface area (Å²) in [6.45, 7) is 0.911. The second kappa shape index (κ2) is 7.18. The summed E-state index contributed by atoms with van der Waals surface area (Å²) in [5.41, 5.74) is -0.0362. The van der Waals surface area contributed by atoms with Crippen LogP contribution in [-0.4, -0.2) is 41.5 Å². The molecule has 0 atom stereocenters. The quantitative estimate of drug-likeness (QED) is 0.843. The molecular formula is C16H17ClN4O4S. The van der Waals surface area contributed by atoms with Crippen molar-refractivity contribution < 1.29 is 13.2 Å². The topological polar surface area (TPSA) is 101 Å². The van der Waals surface area contributed by atoms with Crippen molar-refractivity contribution in [2.45, 2.75) is 17.7 Å². The van der Waals surface area contributed by atoms with Crippen LogP contribution in [0.25, 0.3) is 0 Å². The van der Waals surface area contributed by atoms with Crippen LogP contribution in [0.1, 0.15) is 23.3 Å². The molecule has 0 radical (unpaired) electrons. The molecule has 1 aliphatic rings. The third kappa shape index (κ3) is 3.64. The lowest BCUT2D eigenvalue weighted by molar-refractivity contribution is 0.102. The van der Waals surface area contributed by atoms with E-state index in [0.717, 1.165) is 17.5 Å². The first-order valence-electron chi connectivity index (χ1n) is 7.94. The van der Waals surface area contributed by atoms with Crippen LogP contribution in [-0.2, 0) is 17.1 Å². The number of nitrogens with one attached hydrogen (secondary N) is 1. The van der Waals surface area contributed by atoms with Crippen LogP contribution in [0.2, 0.25) is 5.02 Å². The van der Waals surface area contributed by atoms with Gasteiger partial charge in [-0.25, -0.2) is 13.1 Å². The molecule has 3 rings (SSSR count). The third-order valence-corrected chi connectivity index (χ3v) is 6.45. The van der Waals surface area contributed by atoms with Crippen LogP contribution in [0.5, 0.6) is 0 Å². The number of nitrogens with zero attached hydrogens (tertiary/aromatic N) is 3. The molecular weight excluding hydrogens is 380 g/mol. The van der Waals surface area contributed by atoms with Gasteiger partial charge < -0.3 is 5.32 Å². The molecule has 0 bridgehead atoms. The van der Waals surface area contributed by atoms with Gasteiger partial charge in [0.2, 0.25) is 10.0 Å². The summed E-state index contributed by atoms with van der Waals surface area (Å²) in [5, 5.41) is 6.53. The van der Waals surface area contributed by atoms with Gasteiger partial charge in [0, 0.05) is 31.9 Å². The van der Waals surface area contributed by atoms with Gasteiger partial charge in [0.05, 0.1) is 5.02 Å². The number of benzene rings is 1. The van der Waals surface area contributed by atoms with Crippen molar-refractivity contribution in [1.29, 1.82) is 0 Å². The van der Waals surface area contributed by atoms with Crippen LogP contribution in [0.3, 0.4) is 0 Å². The molecule has 8 nitrogen and oxygen atoms in total. The third-order valence-electron chi connectivity index (χ3n) is 4.07. The van der Waals surface area contributed by atoms with Gasteiger partial charge in [0.1, 0.15) is 10.6 Å². The second-order valence-electron chi connectivity index (χ2n) is 5.89. The van der Waals surface area contributed by atoms with E-state index in [1.807, 2.05) is 0 Å². The highest BCUT2D eigenvalue weighted by molar-refractivity contribution is 7.89. The fraction of sp³-hybridized carbons (Fsp3) is 0.312. The number of sulfonamides is 1. The highest BCUT2D eigenvalue weighted by Gasteiger charge is 2.29. The maximum absolute atomic E-state index is 12.7. The van der Waals surface area contributed by atoms with Gasteiger partial charge >= 0.3 is 0 Å². The van der Waals surface area contributed by atoms with Crippen LogP contribution in [0, 0.1) is 0 Å². The van der Waals surface area contributed by atoms with E-state index < -0.39 is 15.9 Å². The predicted octanol–water partition coefficient (Wildman–Crippen LogP) is 1.47. The Hall–Kier alpha value is -2.23. The molecule has 2 aromatic rings. The van der Waals surface area contributed by atoms with Crippen LogP contribution in [0.15, 0.2) is 40.0 Å². The molecule has 2 heterocycles. The molecule has 1 fully saturated rings. The molecule has 0 saturated carbocycles. The van der Waals surface area contributed by atoms with Gasteiger partial charge in [-0.2, -0.15) is 9.40 Å². The van der Waals surface area contributed by atoms with E-state index in [9.17, 15) is 18.0 Å². The Labute approximate surface area is 155 Å². The molecule has 0 aliphatic carbocycles. The molecule has 1 amide bonds. The minimum Gasteiger partial charge on any atom is -0.321 e. The normalized spacial score (nSPS) is 15.2. The SMILES string of the molecule is Cn1nc(C(=O)Nc2ccc(Cl)c(S(=O)(=O)N3CCCC3)c2)ccc1=O. The van der Waals surface area contributed by atoms with Crippen LogP contribution >= 0.6 is 11.6 Å². The number of hydrogen-bond donors (Lipinski definition) is 1. The van der Waals surface area contributed by atoms with Crippen LogP contribution in [0.4, 0.5) is 5.69 Å². The summed E-state index contributed by atoms with van der Waals surface area (Å²) < 4.78 is 27.9. The lowest BCUT2D eigenvalue weighted by atomic mass is 10.3. The van der Waals surface area contributed by atoms with Crippen molar-refractivity contribution in [3.05, 3.63) is 51.4 Å². The lowest BCUT2D eigenvalue weighted by Crippen LogP contribution is -2.28. The van der Waals surface area contributed by atoms with E-state index >= 15 is 0 Å². The highest BCUT2D eigenvalue weighted by atomic mass is 35.5. The van der Waals surface area contributed by atoms with Crippen molar-refractivity contribution in [2.75, 3.05) is 18.4 Å². The highest BCUT2D eigenvalue weighted by Crippen LogP contribution is 2.29. The zero-order chi connectivity index (χ0) is 18.9. The summed E-state index contributed by atoms with van der Waals surface area (Å²) >= 11 is 6.08. The van der Waals surface area contributed by atoms with E-state index in [0.29, 0.717) is 13.1 Å². The zero-order valence-corrected chi connectivity index (χ0v) is 15.5. The average Bonchev–Trinajstić information content (AvgIpc) is 3.14. The summed E-state index contributed by atoms with van der Waals surface area (Å²) in [6, 6.07) is 6.79. The van der Waals surface area contributed by atoms with E-state index in [1.54, 1.807) is 0 Å². The number of amides is 1. The minimum atomic E-state index is -3.72. The second-order valence-corrected chi connectivity index (χ2v) is 8.20. The van der Waals surface area contributed by atoms with Gasteiger partial charge in [-0.3, -0.25) is 9.59 Å². The fourth-order valence-corrected chi connectivity index (χ4v) is 4.68. The Bertz CT molecular complexity index is 1010. The number of anilines is 1. The Morgan fingerprint density at radius 1 is 1.19 bits per heavy atom. The van der Waals surface area contributed by atoms with Gasteiger partial charge in [-0.05, 0) is 37.1 Å². The molecule has 1 aromatic heterocycles. The van der Waals surface area contributed by atoms with E-state index in [4.69, 9.17) is 11.6 Å². The number of carbonyl (C=O) groups excluding carboxylic acids is 1. The van der Waals surface area contributed by atoms with Crippen molar-refractivity contribution in [1.82, 2.24) is 14.1 Å². The lowest BCUT2D eigenvalue weighted by Gasteiger charge is -2.17. The summed E-state index contributed by atoms with van der Waals surface area (Å²) in [6.07, 6.45) is 1.62. The first-order valence-corrected chi connectivity index (χ1v) is 9.76. The molecule has 0 unspecified atom stereocenters. The standard InChI is InChI=1S/C16H17ClN4O4S/c1-20-15(22)7-6-13(19-20)16(23)18-11-4-5-12(17)14(10-11)26(24,25)21-8-2-3-9-21/h4-7,10H,2-3,8-9H2,1H3,(H,18,23). The molecule has 0 spiro atoms. The largest absolute Gasteiger partial charge is 0.321 e. The fourth-order valence-electron chi connectivity index (χ4n) is 2.66. The smallest absolute Gasteiger partial charge is 0.276 e. The average molecular weight is 397 g/mol. The number of carbonyl (C=O) groups is 1. The van der Waals surface area contributed by atoms with Crippen molar-refractivity contribution in [3.63, 3.8) is 0 Å². The van der Waals surface area contributed by atoms with Gasteiger partial charge in [-0.1, -0.05) is 11.6 Å². The summed E-state index contributed by atoms with van der Waals surface area (Å²) in [7, 11) is -2.28. The Morgan fingerprint density at radius 3 is 2.54 bits per heavy atom. The number of rotatable bonds is 4. The predicted molar refractivity (Wildman–Crippen MR) is 96.9 cm³/mol. The molecule has 1 aromatic carbocycles. The summed E-state index contributed by atoms with van der Waals surface area (Å²) in [4.78, 5) is 23.6. The number of aromatic nitrogens is 2. The molecule has 1 saturated heterocycles. The van der Waals surface area contributed by atoms with E-state index in [2.05, 4.69) is 10.4 Å². The maximum Gasteiger partial charge on any atom is 0.276 e. The zero-order valence-electron chi connectivity index (χ0n) is 14.0. The number of halogens is 1. The molecule has 10 heteroatoms. The Kier molecular flexibility index (Phi) is 5.12. The Balaban J connectivity index is 1.88. The van der Waals surface area contributed by atoms with Crippen molar-refractivity contribution >= 4 is 33.2 Å². The number of aryl methyl sites for hydroxylation is 1. The van der Waals surface area contributed by atoms with Gasteiger partial charge in [0.25, 0.3) is 11.5 Å². The van der Waals surface area contributed by atoms with Crippen molar-refractivity contribution in [2.24, 2.45) is 7.05 Å². The van der Waals surface area contributed by atoms with Gasteiger partial charge in [-0.15, -0.1) is 0 Å². The molecule has 138 valence electrons. The molecule has 26 heavy (non-hydrogen) atoms. The first kappa shape index (κ1) is 18.6. The maximum atomic E-state index is 12.7. The number of hydrogen-bond acceptors (Lipinski definition) is 5. The van der Waals surface area contributed by atoms with E-state index in [-0.39, 0.29) is 26.9 Å². The van der Waals surface area contributed by atoms with E-state index in [1.165, 1.54) is 41.7 Å². The van der Waals surface area contributed by atoms with Crippen LogP contribution < -0.4 is 10.9 Å². The molecule has 1 aliphatic heterocycles. The van der Waals surface area contributed by atoms with Crippen molar-refractivity contribution in [3.8, 4) is 0 Å². The monoisotopic (exact) mass is 396 g/mol.